The Kier molecular flexibility index (Phi) is 5.67. The molecule has 0 unspecified atom stereocenters. The number of carbonyl (C=O) groups excluding carboxylic acids is 2. The quantitative estimate of drug-likeness (QED) is 0.659. The largest absolute Gasteiger partial charge is 0.450 e. The van der Waals surface area contributed by atoms with Crippen LogP contribution in [0, 0.1) is 20.8 Å². The molecule has 8 nitrogen and oxygen atoms in total. The van der Waals surface area contributed by atoms with E-state index in [4.69, 9.17) is 4.74 Å². The van der Waals surface area contributed by atoms with Gasteiger partial charge < -0.3 is 10.1 Å². The van der Waals surface area contributed by atoms with Crippen molar-refractivity contribution in [1.82, 2.24) is 24.9 Å². The van der Waals surface area contributed by atoms with Crippen LogP contribution in [-0.4, -0.2) is 38.1 Å². The first-order valence-corrected chi connectivity index (χ1v) is 9.11. The van der Waals surface area contributed by atoms with Crippen molar-refractivity contribution in [2.45, 2.75) is 40.2 Å². The fourth-order valence-electron chi connectivity index (χ4n) is 2.90. The van der Waals surface area contributed by atoms with Gasteiger partial charge in [0.05, 0.1) is 6.04 Å². The van der Waals surface area contributed by atoms with Crippen molar-refractivity contribution < 1.29 is 14.3 Å². The van der Waals surface area contributed by atoms with E-state index in [-0.39, 0.29) is 17.8 Å². The van der Waals surface area contributed by atoms with Gasteiger partial charge in [-0.3, -0.25) is 4.79 Å². The average molecular weight is 381 g/mol. The average Bonchev–Trinajstić information content (AvgIpc) is 3.09. The first-order chi connectivity index (χ1) is 13.4. The lowest BCUT2D eigenvalue weighted by molar-refractivity contribution is -0.125. The van der Waals surface area contributed by atoms with E-state index in [9.17, 15) is 9.59 Å². The molecule has 1 aromatic carbocycles. The molecule has 1 atom stereocenters. The van der Waals surface area contributed by atoms with Crippen LogP contribution in [0.15, 0.2) is 30.3 Å². The standard InChI is InChI=1S/C20H23N5O3/c1-5-16(15-8-6-12(2)7-9-15)22-17(26)11-28-19(27)18-23-20-21-13(3)10-14(4)25(20)24-18/h6-10,16H,5,11H2,1-4H3,(H,22,26)/t16-/m0/s1. The molecule has 0 fully saturated rings. The van der Waals surface area contributed by atoms with Crippen LogP contribution in [0.1, 0.15) is 52.5 Å². The number of ether oxygens (including phenoxy) is 1. The molecule has 3 aromatic rings. The van der Waals surface area contributed by atoms with Crippen LogP contribution in [0.4, 0.5) is 0 Å². The fourth-order valence-corrected chi connectivity index (χ4v) is 2.90. The Morgan fingerprint density at radius 1 is 1.14 bits per heavy atom. The molecule has 146 valence electrons. The molecular weight excluding hydrogens is 358 g/mol. The number of carbonyl (C=O) groups is 2. The topological polar surface area (TPSA) is 98.5 Å². The highest BCUT2D eigenvalue weighted by atomic mass is 16.5. The number of amides is 1. The molecule has 2 aromatic heterocycles. The number of nitrogens with one attached hydrogen (secondary N) is 1. The Hall–Kier alpha value is -3.29. The van der Waals surface area contributed by atoms with Crippen molar-refractivity contribution in [3.63, 3.8) is 0 Å². The molecule has 1 N–H and O–H groups in total. The molecule has 0 spiro atoms. The minimum Gasteiger partial charge on any atom is -0.450 e. The first kappa shape index (κ1) is 19.5. The molecule has 1 amide bonds. The second-order valence-corrected chi connectivity index (χ2v) is 6.70. The fraction of sp³-hybridized carbons (Fsp3) is 0.350. The maximum Gasteiger partial charge on any atom is 0.378 e. The SMILES string of the molecule is CC[C@H](NC(=O)COC(=O)c1nc2nc(C)cc(C)n2n1)c1ccc(C)cc1. The van der Waals surface area contributed by atoms with E-state index in [1.807, 2.05) is 58.0 Å². The Morgan fingerprint density at radius 3 is 2.54 bits per heavy atom. The minimum atomic E-state index is -0.763. The van der Waals surface area contributed by atoms with E-state index < -0.39 is 12.6 Å². The van der Waals surface area contributed by atoms with E-state index >= 15 is 0 Å². The summed E-state index contributed by atoms with van der Waals surface area (Å²) in [6.45, 7) is 7.27. The van der Waals surface area contributed by atoms with Crippen molar-refractivity contribution >= 4 is 17.7 Å². The summed E-state index contributed by atoms with van der Waals surface area (Å²) in [5.41, 5.74) is 3.74. The third kappa shape index (κ3) is 4.33. The van der Waals surface area contributed by atoms with Crippen LogP contribution in [0.5, 0.6) is 0 Å². The molecule has 8 heteroatoms. The molecule has 0 aliphatic rings. The highest BCUT2D eigenvalue weighted by molar-refractivity contribution is 5.88. The highest BCUT2D eigenvalue weighted by Crippen LogP contribution is 2.17. The van der Waals surface area contributed by atoms with Gasteiger partial charge in [-0.1, -0.05) is 36.8 Å². The summed E-state index contributed by atoms with van der Waals surface area (Å²) in [7, 11) is 0. The van der Waals surface area contributed by atoms with E-state index in [0.717, 1.165) is 28.9 Å². The second kappa shape index (κ2) is 8.16. The van der Waals surface area contributed by atoms with Gasteiger partial charge in [-0.2, -0.15) is 4.98 Å². The lowest BCUT2D eigenvalue weighted by Crippen LogP contribution is -2.32. The van der Waals surface area contributed by atoms with E-state index in [1.165, 1.54) is 4.52 Å². The van der Waals surface area contributed by atoms with Gasteiger partial charge in [0, 0.05) is 11.4 Å². The summed E-state index contributed by atoms with van der Waals surface area (Å²) in [5, 5.41) is 6.98. The molecule has 28 heavy (non-hydrogen) atoms. The van der Waals surface area contributed by atoms with Gasteiger partial charge in [-0.05, 0) is 38.8 Å². The van der Waals surface area contributed by atoms with Gasteiger partial charge in [0.25, 0.3) is 17.5 Å². The summed E-state index contributed by atoms with van der Waals surface area (Å²) < 4.78 is 6.54. The van der Waals surface area contributed by atoms with Crippen LogP contribution in [0.2, 0.25) is 0 Å². The van der Waals surface area contributed by atoms with Crippen molar-refractivity contribution in [3.05, 3.63) is 58.7 Å². The van der Waals surface area contributed by atoms with Gasteiger partial charge in [0.15, 0.2) is 6.61 Å². The molecule has 2 heterocycles. The summed E-state index contributed by atoms with van der Waals surface area (Å²) in [4.78, 5) is 32.7. The zero-order chi connectivity index (χ0) is 20.3. The number of aryl methyl sites for hydroxylation is 3. The summed E-state index contributed by atoms with van der Waals surface area (Å²) >= 11 is 0. The van der Waals surface area contributed by atoms with Crippen LogP contribution in [0.25, 0.3) is 5.78 Å². The zero-order valence-corrected chi connectivity index (χ0v) is 16.4. The van der Waals surface area contributed by atoms with E-state index in [1.54, 1.807) is 0 Å². The molecule has 3 rings (SSSR count). The Balaban J connectivity index is 1.61. The number of rotatable bonds is 6. The van der Waals surface area contributed by atoms with Crippen LogP contribution < -0.4 is 5.32 Å². The van der Waals surface area contributed by atoms with E-state index in [0.29, 0.717) is 5.78 Å². The Labute approximate surface area is 163 Å². The first-order valence-electron chi connectivity index (χ1n) is 9.11. The van der Waals surface area contributed by atoms with Crippen LogP contribution in [0.3, 0.4) is 0 Å². The highest BCUT2D eigenvalue weighted by Gasteiger charge is 2.19. The maximum absolute atomic E-state index is 12.2. The van der Waals surface area contributed by atoms with Crippen LogP contribution in [-0.2, 0) is 9.53 Å². The van der Waals surface area contributed by atoms with Gasteiger partial charge >= 0.3 is 5.97 Å². The molecule has 0 bridgehead atoms. The lowest BCUT2D eigenvalue weighted by Gasteiger charge is -2.17. The minimum absolute atomic E-state index is 0.125. The molecule has 0 radical (unpaired) electrons. The number of aromatic nitrogens is 4. The van der Waals surface area contributed by atoms with Crippen LogP contribution >= 0.6 is 0 Å². The normalized spacial score (nSPS) is 12.0. The summed E-state index contributed by atoms with van der Waals surface area (Å²) in [5.74, 6) is -0.949. The van der Waals surface area contributed by atoms with Gasteiger partial charge in [0.2, 0.25) is 0 Å². The molecule has 0 aliphatic heterocycles. The van der Waals surface area contributed by atoms with Crippen molar-refractivity contribution in [2.75, 3.05) is 6.61 Å². The number of esters is 1. The monoisotopic (exact) mass is 381 g/mol. The predicted molar refractivity (Wildman–Crippen MR) is 103 cm³/mol. The van der Waals surface area contributed by atoms with E-state index in [2.05, 4.69) is 20.4 Å². The summed E-state index contributed by atoms with van der Waals surface area (Å²) in [6, 6.07) is 9.64. The molecule has 0 aliphatic carbocycles. The van der Waals surface area contributed by atoms with Crippen molar-refractivity contribution in [1.29, 1.82) is 0 Å². The third-order valence-electron chi connectivity index (χ3n) is 4.36. The molecule has 0 saturated carbocycles. The van der Waals surface area contributed by atoms with Crippen molar-refractivity contribution in [2.24, 2.45) is 0 Å². The van der Waals surface area contributed by atoms with Gasteiger partial charge in [0.1, 0.15) is 0 Å². The number of hydrogen-bond acceptors (Lipinski definition) is 6. The number of hydrogen-bond donors (Lipinski definition) is 1. The lowest BCUT2D eigenvalue weighted by atomic mass is 10.0. The predicted octanol–water partition coefficient (Wildman–Crippen LogP) is 2.47. The Morgan fingerprint density at radius 2 is 1.86 bits per heavy atom. The number of fused-ring (bicyclic) bond motifs is 1. The molecule has 0 saturated heterocycles. The van der Waals surface area contributed by atoms with Gasteiger partial charge in [-0.15, -0.1) is 5.10 Å². The summed E-state index contributed by atoms with van der Waals surface area (Å²) in [6.07, 6.45) is 0.723. The number of nitrogens with zero attached hydrogens (tertiary/aromatic N) is 4. The van der Waals surface area contributed by atoms with Gasteiger partial charge in [-0.25, -0.2) is 14.3 Å². The smallest absolute Gasteiger partial charge is 0.378 e. The zero-order valence-electron chi connectivity index (χ0n) is 16.4. The molecular formula is C20H23N5O3. The van der Waals surface area contributed by atoms with Crippen molar-refractivity contribution in [3.8, 4) is 0 Å². The third-order valence-corrected chi connectivity index (χ3v) is 4.36. The second-order valence-electron chi connectivity index (χ2n) is 6.70. The number of benzene rings is 1. The Bertz CT molecular complexity index is 1010. The maximum atomic E-state index is 12.2.